The summed E-state index contributed by atoms with van der Waals surface area (Å²) in [5.41, 5.74) is 2.58. The third-order valence-electron chi connectivity index (χ3n) is 4.28. The maximum absolute atomic E-state index is 13.2. The van der Waals surface area contributed by atoms with Gasteiger partial charge in [0, 0.05) is 38.8 Å². The number of nitrogens with one attached hydrogen (secondary N) is 2. The van der Waals surface area contributed by atoms with Gasteiger partial charge in [-0.05, 0) is 49.2 Å². The van der Waals surface area contributed by atoms with Gasteiger partial charge in [-0.1, -0.05) is 24.3 Å². The van der Waals surface area contributed by atoms with Gasteiger partial charge < -0.3 is 15.5 Å². The summed E-state index contributed by atoms with van der Waals surface area (Å²) in [7, 11) is 1.69. The Morgan fingerprint density at radius 3 is 2.14 bits per heavy atom. The molecule has 0 saturated carbocycles. The van der Waals surface area contributed by atoms with Crippen LogP contribution < -0.4 is 10.6 Å². The van der Waals surface area contributed by atoms with Crippen LogP contribution in [0.15, 0.2) is 53.5 Å². The number of guanidine groups is 1. The Labute approximate surface area is 183 Å². The fourth-order valence-electron chi connectivity index (χ4n) is 2.70. The van der Waals surface area contributed by atoms with E-state index in [4.69, 9.17) is 0 Å². The molecular formula is C21H28FIN4O. The van der Waals surface area contributed by atoms with Crippen LogP contribution in [0.3, 0.4) is 0 Å². The summed E-state index contributed by atoms with van der Waals surface area (Å²) in [6, 6.07) is 14.0. The zero-order valence-electron chi connectivity index (χ0n) is 16.5. The Morgan fingerprint density at radius 2 is 1.61 bits per heavy atom. The van der Waals surface area contributed by atoms with Crippen LogP contribution in [0.2, 0.25) is 0 Å². The summed E-state index contributed by atoms with van der Waals surface area (Å²) in [4.78, 5) is 18.3. The number of carbonyl (C=O) groups is 1. The number of benzene rings is 2. The highest BCUT2D eigenvalue weighted by molar-refractivity contribution is 14.0. The molecule has 0 heterocycles. The van der Waals surface area contributed by atoms with E-state index in [1.165, 1.54) is 12.1 Å². The number of rotatable bonds is 7. The van der Waals surface area contributed by atoms with E-state index in [0.717, 1.165) is 11.1 Å². The highest BCUT2D eigenvalue weighted by Crippen LogP contribution is 2.08. The van der Waals surface area contributed by atoms with Crippen LogP contribution in [-0.4, -0.2) is 36.9 Å². The van der Waals surface area contributed by atoms with Gasteiger partial charge in [-0.2, -0.15) is 0 Å². The van der Waals surface area contributed by atoms with Gasteiger partial charge in [0.2, 0.25) is 0 Å². The Balaban J connectivity index is 0.00000392. The summed E-state index contributed by atoms with van der Waals surface area (Å²) in [6.45, 7) is 6.40. The molecule has 1 amide bonds. The number of nitrogens with zero attached hydrogens (tertiary/aromatic N) is 2. The Bertz CT molecular complexity index is 776. The lowest BCUT2D eigenvalue weighted by Crippen LogP contribution is -2.36. The smallest absolute Gasteiger partial charge is 0.253 e. The maximum Gasteiger partial charge on any atom is 0.253 e. The second-order valence-corrected chi connectivity index (χ2v) is 6.08. The molecule has 2 aromatic rings. The number of hydrogen-bond donors (Lipinski definition) is 2. The van der Waals surface area contributed by atoms with Crippen LogP contribution in [0.25, 0.3) is 0 Å². The van der Waals surface area contributed by atoms with Crippen LogP contribution in [0.1, 0.15) is 35.3 Å². The number of aliphatic imine (C=N–C) groups is 1. The van der Waals surface area contributed by atoms with E-state index in [1.807, 2.05) is 44.2 Å². The van der Waals surface area contributed by atoms with E-state index in [9.17, 15) is 9.18 Å². The Hall–Kier alpha value is -2.16. The van der Waals surface area contributed by atoms with Crippen molar-refractivity contribution in [1.29, 1.82) is 0 Å². The van der Waals surface area contributed by atoms with Crippen LogP contribution >= 0.6 is 24.0 Å². The summed E-state index contributed by atoms with van der Waals surface area (Å²) < 4.78 is 13.2. The minimum atomic E-state index is -0.253. The number of hydrogen-bond acceptors (Lipinski definition) is 2. The van der Waals surface area contributed by atoms with Crippen molar-refractivity contribution < 1.29 is 9.18 Å². The second kappa shape index (κ2) is 12.3. The molecule has 5 nitrogen and oxygen atoms in total. The van der Waals surface area contributed by atoms with E-state index in [0.29, 0.717) is 37.7 Å². The molecular weight excluding hydrogens is 470 g/mol. The molecule has 7 heteroatoms. The molecule has 0 aliphatic rings. The highest BCUT2D eigenvalue weighted by atomic mass is 127. The van der Waals surface area contributed by atoms with Crippen molar-refractivity contribution >= 4 is 35.8 Å². The third-order valence-corrected chi connectivity index (χ3v) is 4.28. The SMILES string of the molecule is CCN(CC)C(=O)c1ccc(CNC(=NC)NCc2cccc(F)c2)cc1.I. The van der Waals surface area contributed by atoms with Gasteiger partial charge in [0.05, 0.1) is 0 Å². The maximum atomic E-state index is 13.2. The number of amides is 1. The zero-order valence-corrected chi connectivity index (χ0v) is 18.9. The summed E-state index contributed by atoms with van der Waals surface area (Å²) in [6.07, 6.45) is 0. The molecule has 2 aromatic carbocycles. The number of carbonyl (C=O) groups excluding carboxylic acids is 1. The fraction of sp³-hybridized carbons (Fsp3) is 0.333. The van der Waals surface area contributed by atoms with Gasteiger partial charge in [0.25, 0.3) is 5.91 Å². The monoisotopic (exact) mass is 498 g/mol. The van der Waals surface area contributed by atoms with Crippen LogP contribution in [0.4, 0.5) is 4.39 Å². The number of halogens is 2. The van der Waals surface area contributed by atoms with Gasteiger partial charge in [0.1, 0.15) is 5.82 Å². The fourth-order valence-corrected chi connectivity index (χ4v) is 2.70. The molecule has 0 aliphatic heterocycles. The van der Waals surface area contributed by atoms with Crippen molar-refractivity contribution in [3.05, 3.63) is 71.0 Å². The molecule has 0 radical (unpaired) electrons. The second-order valence-electron chi connectivity index (χ2n) is 6.08. The van der Waals surface area contributed by atoms with Crippen molar-refractivity contribution in [3.63, 3.8) is 0 Å². The lowest BCUT2D eigenvalue weighted by Gasteiger charge is -2.18. The van der Waals surface area contributed by atoms with Gasteiger partial charge in [0.15, 0.2) is 5.96 Å². The van der Waals surface area contributed by atoms with Crippen LogP contribution in [-0.2, 0) is 13.1 Å². The molecule has 2 N–H and O–H groups in total. The van der Waals surface area contributed by atoms with Crippen LogP contribution in [0, 0.1) is 5.82 Å². The quantitative estimate of drug-likeness (QED) is 0.347. The molecule has 28 heavy (non-hydrogen) atoms. The molecule has 0 aromatic heterocycles. The minimum absolute atomic E-state index is 0. The van der Waals surface area contributed by atoms with E-state index >= 15 is 0 Å². The van der Waals surface area contributed by atoms with Gasteiger partial charge in [-0.3, -0.25) is 9.79 Å². The minimum Gasteiger partial charge on any atom is -0.352 e. The van der Waals surface area contributed by atoms with Crippen molar-refractivity contribution in [2.24, 2.45) is 4.99 Å². The van der Waals surface area contributed by atoms with E-state index in [2.05, 4.69) is 15.6 Å². The predicted octanol–water partition coefficient (Wildman–Crippen LogP) is 3.79. The topological polar surface area (TPSA) is 56.7 Å². The molecule has 0 atom stereocenters. The van der Waals surface area contributed by atoms with Gasteiger partial charge in [-0.25, -0.2) is 4.39 Å². The van der Waals surface area contributed by atoms with E-state index in [-0.39, 0.29) is 35.7 Å². The lowest BCUT2D eigenvalue weighted by molar-refractivity contribution is 0.0773. The van der Waals surface area contributed by atoms with Crippen molar-refractivity contribution in [2.45, 2.75) is 26.9 Å². The third kappa shape index (κ3) is 7.10. The van der Waals surface area contributed by atoms with Gasteiger partial charge in [-0.15, -0.1) is 24.0 Å². The van der Waals surface area contributed by atoms with Crippen molar-refractivity contribution in [1.82, 2.24) is 15.5 Å². The van der Waals surface area contributed by atoms with E-state index < -0.39 is 0 Å². The first-order valence-electron chi connectivity index (χ1n) is 9.14. The van der Waals surface area contributed by atoms with Crippen molar-refractivity contribution in [3.8, 4) is 0 Å². The van der Waals surface area contributed by atoms with Crippen molar-refractivity contribution in [2.75, 3.05) is 20.1 Å². The van der Waals surface area contributed by atoms with E-state index in [1.54, 1.807) is 18.0 Å². The standard InChI is InChI=1S/C21H27FN4O.HI/c1-4-26(5-2)20(27)18-11-9-16(10-12-18)14-24-21(23-3)25-15-17-7-6-8-19(22)13-17;/h6-13H,4-5,14-15H2,1-3H3,(H2,23,24,25);1H. The lowest BCUT2D eigenvalue weighted by atomic mass is 10.1. The predicted molar refractivity (Wildman–Crippen MR) is 123 cm³/mol. The molecule has 0 aliphatic carbocycles. The molecule has 0 bridgehead atoms. The summed E-state index contributed by atoms with van der Waals surface area (Å²) in [5.74, 6) is 0.422. The highest BCUT2D eigenvalue weighted by Gasteiger charge is 2.11. The molecule has 2 rings (SSSR count). The van der Waals surface area contributed by atoms with Crippen LogP contribution in [0.5, 0.6) is 0 Å². The first kappa shape index (κ1) is 23.9. The van der Waals surface area contributed by atoms with Gasteiger partial charge >= 0.3 is 0 Å². The first-order valence-corrected chi connectivity index (χ1v) is 9.14. The molecule has 152 valence electrons. The Kier molecular flexibility index (Phi) is 10.5. The zero-order chi connectivity index (χ0) is 19.6. The molecule has 0 fully saturated rings. The molecule has 0 spiro atoms. The molecule has 0 saturated heterocycles. The first-order chi connectivity index (χ1) is 13.1. The average Bonchev–Trinajstić information content (AvgIpc) is 2.69. The normalized spacial score (nSPS) is 10.8. The summed E-state index contributed by atoms with van der Waals surface area (Å²) >= 11 is 0. The average molecular weight is 498 g/mol. The largest absolute Gasteiger partial charge is 0.352 e. The Morgan fingerprint density at radius 1 is 1.00 bits per heavy atom. The summed E-state index contributed by atoms with van der Waals surface area (Å²) in [5, 5.41) is 6.37. The molecule has 0 unspecified atom stereocenters.